The molecule has 3 aromatic rings. The summed E-state index contributed by atoms with van der Waals surface area (Å²) in [5.74, 6) is 1.63. The Labute approximate surface area is 168 Å². The van der Waals surface area contributed by atoms with E-state index in [2.05, 4.69) is 26.8 Å². The van der Waals surface area contributed by atoms with Crippen molar-refractivity contribution in [1.29, 1.82) is 0 Å². The molecule has 1 unspecified atom stereocenters. The quantitative estimate of drug-likeness (QED) is 0.718. The molecule has 28 heavy (non-hydrogen) atoms. The van der Waals surface area contributed by atoms with Gasteiger partial charge in [0, 0.05) is 12.6 Å². The summed E-state index contributed by atoms with van der Waals surface area (Å²) in [4.78, 5) is 15.4. The summed E-state index contributed by atoms with van der Waals surface area (Å²) in [7, 11) is 0. The first kappa shape index (κ1) is 20.3. The molecule has 0 radical (unpaired) electrons. The largest absolute Gasteiger partial charge is 0.383 e. The fourth-order valence-corrected chi connectivity index (χ4v) is 3.14. The molecular weight excluding hydrogens is 379 g/mol. The Morgan fingerprint density at radius 1 is 1.25 bits per heavy atom. The Morgan fingerprint density at radius 2 is 2.00 bits per heavy atom. The topological polar surface area (TPSA) is 82.1 Å². The Balaban J connectivity index is 0.000000706. The molecule has 0 bridgehead atoms. The number of halogens is 1. The second-order valence-corrected chi connectivity index (χ2v) is 7.28. The van der Waals surface area contributed by atoms with Gasteiger partial charge in [0.1, 0.15) is 24.1 Å². The molecule has 7 nitrogen and oxygen atoms in total. The molecule has 1 fully saturated rings. The number of hydrogen-bond acceptors (Lipinski definition) is 7. The number of ether oxygens (including phenoxy) is 1. The number of rotatable bonds is 3. The Hall–Kier alpha value is -2.39. The van der Waals surface area contributed by atoms with Crippen LogP contribution in [0.5, 0.6) is 0 Å². The first-order valence-corrected chi connectivity index (χ1v) is 10.6. The number of thioether (sulfide) groups is 1. The van der Waals surface area contributed by atoms with Gasteiger partial charge in [0.05, 0.1) is 30.3 Å². The molecule has 3 heterocycles. The van der Waals surface area contributed by atoms with E-state index in [4.69, 9.17) is 10.5 Å². The molecule has 4 rings (SSSR count). The number of para-hydroxylation sites is 2. The van der Waals surface area contributed by atoms with Gasteiger partial charge in [-0.3, -0.25) is 4.57 Å². The van der Waals surface area contributed by atoms with Crippen LogP contribution in [-0.4, -0.2) is 57.8 Å². The molecule has 1 aromatic carbocycles. The number of nitrogen functional groups attached to an aromatic ring is 1. The van der Waals surface area contributed by atoms with Crippen molar-refractivity contribution in [3.8, 4) is 5.95 Å². The second kappa shape index (κ2) is 9.20. The number of aromatic nitrogens is 4. The fourth-order valence-electron chi connectivity index (χ4n) is 3.14. The highest BCUT2D eigenvalue weighted by molar-refractivity contribution is 7.97. The molecule has 150 valence electrons. The van der Waals surface area contributed by atoms with Gasteiger partial charge in [0.25, 0.3) is 0 Å². The van der Waals surface area contributed by atoms with Crippen molar-refractivity contribution in [3.63, 3.8) is 0 Å². The van der Waals surface area contributed by atoms with Gasteiger partial charge in [-0.1, -0.05) is 12.1 Å². The van der Waals surface area contributed by atoms with Gasteiger partial charge in [-0.05, 0) is 31.6 Å². The Kier molecular flexibility index (Phi) is 6.69. The summed E-state index contributed by atoms with van der Waals surface area (Å²) in [6.07, 6.45) is 4.08. The molecule has 2 N–H and O–H groups in total. The number of hydrogen-bond donors (Lipinski definition) is 1. The Morgan fingerprint density at radius 3 is 2.71 bits per heavy atom. The zero-order chi connectivity index (χ0) is 20.1. The summed E-state index contributed by atoms with van der Waals surface area (Å²) >= 11 is 1.75. The van der Waals surface area contributed by atoms with E-state index in [1.165, 1.54) is 0 Å². The van der Waals surface area contributed by atoms with Crippen LogP contribution < -0.4 is 10.6 Å². The van der Waals surface area contributed by atoms with E-state index in [1.807, 2.05) is 36.8 Å². The van der Waals surface area contributed by atoms with E-state index < -0.39 is 6.67 Å². The summed E-state index contributed by atoms with van der Waals surface area (Å²) < 4.78 is 20.6. The number of nitrogens with two attached hydrogens (primary N) is 1. The number of anilines is 2. The molecule has 2 aromatic heterocycles. The summed E-state index contributed by atoms with van der Waals surface area (Å²) in [5, 5.41) is 0. The SMILES string of the molecule is CC1COCCN1c1cc(N)nc(-n2c(CF)nc3ccccc32)n1.CSC. The number of imidazole rings is 1. The minimum Gasteiger partial charge on any atom is -0.383 e. The third kappa shape index (κ3) is 4.20. The number of morpholine rings is 1. The first-order chi connectivity index (χ1) is 13.6. The van der Waals surface area contributed by atoms with Crippen LogP contribution in [0.15, 0.2) is 30.3 Å². The third-order valence-electron chi connectivity index (χ3n) is 4.33. The van der Waals surface area contributed by atoms with Gasteiger partial charge in [-0.25, -0.2) is 9.37 Å². The van der Waals surface area contributed by atoms with Crippen LogP contribution in [0.3, 0.4) is 0 Å². The van der Waals surface area contributed by atoms with E-state index in [0.29, 0.717) is 36.3 Å². The molecule has 0 amide bonds. The second-order valence-electron chi connectivity index (χ2n) is 6.46. The zero-order valence-electron chi connectivity index (χ0n) is 16.3. The molecule has 9 heteroatoms. The van der Waals surface area contributed by atoms with Crippen LogP contribution in [0.25, 0.3) is 17.0 Å². The van der Waals surface area contributed by atoms with Crippen LogP contribution in [0.1, 0.15) is 12.7 Å². The van der Waals surface area contributed by atoms with Gasteiger partial charge in [-0.15, -0.1) is 0 Å². The van der Waals surface area contributed by atoms with E-state index in [1.54, 1.807) is 22.4 Å². The van der Waals surface area contributed by atoms with E-state index >= 15 is 0 Å². The lowest BCUT2D eigenvalue weighted by Crippen LogP contribution is -2.44. The summed E-state index contributed by atoms with van der Waals surface area (Å²) in [6.45, 7) is 3.33. The highest BCUT2D eigenvalue weighted by Crippen LogP contribution is 2.24. The van der Waals surface area contributed by atoms with Crippen molar-refractivity contribution in [2.75, 3.05) is 42.9 Å². The van der Waals surface area contributed by atoms with Crippen molar-refractivity contribution in [2.24, 2.45) is 0 Å². The summed E-state index contributed by atoms with van der Waals surface area (Å²) in [5.41, 5.74) is 7.47. The molecule has 0 spiro atoms. The average Bonchev–Trinajstić information content (AvgIpc) is 3.07. The van der Waals surface area contributed by atoms with E-state index in [-0.39, 0.29) is 11.9 Å². The van der Waals surface area contributed by atoms with Crippen molar-refractivity contribution >= 4 is 34.4 Å². The number of benzene rings is 1. The van der Waals surface area contributed by atoms with E-state index in [9.17, 15) is 4.39 Å². The monoisotopic (exact) mass is 404 g/mol. The molecule has 1 saturated heterocycles. The highest BCUT2D eigenvalue weighted by atomic mass is 32.2. The van der Waals surface area contributed by atoms with Gasteiger partial charge in [-0.2, -0.15) is 21.7 Å². The molecule has 1 aliphatic heterocycles. The van der Waals surface area contributed by atoms with Gasteiger partial charge in [0.2, 0.25) is 5.95 Å². The zero-order valence-corrected chi connectivity index (χ0v) is 17.1. The number of nitrogens with zero attached hydrogens (tertiary/aromatic N) is 5. The van der Waals surface area contributed by atoms with Crippen LogP contribution in [0.4, 0.5) is 16.0 Å². The minimum atomic E-state index is -0.712. The van der Waals surface area contributed by atoms with Crippen LogP contribution >= 0.6 is 11.8 Å². The third-order valence-corrected chi connectivity index (χ3v) is 4.33. The van der Waals surface area contributed by atoms with Crippen LogP contribution in [0.2, 0.25) is 0 Å². The lowest BCUT2D eigenvalue weighted by atomic mass is 10.2. The van der Waals surface area contributed by atoms with Gasteiger partial charge >= 0.3 is 0 Å². The van der Waals surface area contributed by atoms with Gasteiger partial charge < -0.3 is 15.4 Å². The Bertz CT molecular complexity index is 934. The minimum absolute atomic E-state index is 0.177. The highest BCUT2D eigenvalue weighted by Gasteiger charge is 2.22. The molecule has 1 aliphatic rings. The van der Waals surface area contributed by atoms with Crippen molar-refractivity contribution in [2.45, 2.75) is 19.6 Å². The van der Waals surface area contributed by atoms with Crippen molar-refractivity contribution in [1.82, 2.24) is 19.5 Å². The molecular formula is C19H25FN6OS. The predicted octanol–water partition coefficient (Wildman–Crippen LogP) is 3.07. The number of fused-ring (bicyclic) bond motifs is 1. The maximum Gasteiger partial charge on any atom is 0.239 e. The summed E-state index contributed by atoms with van der Waals surface area (Å²) in [6, 6.07) is 9.35. The normalized spacial score (nSPS) is 16.7. The van der Waals surface area contributed by atoms with Crippen molar-refractivity contribution < 1.29 is 9.13 Å². The standard InChI is InChI=1S/C17H19FN6O.C2H6S/c1-11-10-25-7-6-23(11)15-8-14(19)21-17(22-15)24-13-5-3-2-4-12(13)20-16(24)9-18;1-3-2/h2-5,8,11H,6-7,9-10H2,1H3,(H2,19,21,22);1-2H3. The fraction of sp³-hybridized carbons (Fsp3) is 0.421. The van der Waals surface area contributed by atoms with Crippen molar-refractivity contribution in [3.05, 3.63) is 36.2 Å². The number of alkyl halides is 1. The lowest BCUT2D eigenvalue weighted by Gasteiger charge is -2.34. The molecule has 1 atom stereocenters. The molecule has 0 aliphatic carbocycles. The van der Waals surface area contributed by atoms with Gasteiger partial charge in [0.15, 0.2) is 0 Å². The molecule has 0 saturated carbocycles. The predicted molar refractivity (Wildman–Crippen MR) is 113 cm³/mol. The van der Waals surface area contributed by atoms with E-state index in [0.717, 1.165) is 12.1 Å². The maximum atomic E-state index is 13.5. The smallest absolute Gasteiger partial charge is 0.239 e. The average molecular weight is 405 g/mol. The van der Waals surface area contributed by atoms with Crippen LogP contribution in [-0.2, 0) is 11.4 Å². The first-order valence-electron chi connectivity index (χ1n) is 9.00. The maximum absolute atomic E-state index is 13.5. The lowest BCUT2D eigenvalue weighted by molar-refractivity contribution is 0.0985. The van der Waals surface area contributed by atoms with Crippen LogP contribution in [0, 0.1) is 0 Å².